The van der Waals surface area contributed by atoms with Gasteiger partial charge in [-0.3, -0.25) is 0 Å². The minimum Gasteiger partial charge on any atom is -0.399 e. The highest BCUT2D eigenvalue weighted by atomic mass is 16.5. The van der Waals surface area contributed by atoms with Crippen LogP contribution in [0.5, 0.6) is 0 Å². The summed E-state index contributed by atoms with van der Waals surface area (Å²) in [6, 6.07) is 5.85. The summed E-state index contributed by atoms with van der Waals surface area (Å²) in [6.07, 6.45) is 1.97. The van der Waals surface area contributed by atoms with Crippen molar-refractivity contribution < 1.29 is 4.74 Å². The maximum atomic E-state index is 5.73. The van der Waals surface area contributed by atoms with Crippen molar-refractivity contribution in [1.82, 2.24) is 4.98 Å². The standard InChI is InChI=1S/C11H14N2O/c1-2-14-7-8-6-13-11-4-3-9(12)5-10(8)11/h3-6,13H,2,7,12H2,1H3. The average molecular weight is 190 g/mol. The monoisotopic (exact) mass is 190 g/mol. The van der Waals surface area contributed by atoms with Gasteiger partial charge in [-0.15, -0.1) is 0 Å². The fourth-order valence-electron chi connectivity index (χ4n) is 1.53. The number of nitrogens with one attached hydrogen (secondary N) is 1. The average Bonchev–Trinajstić information content (AvgIpc) is 2.57. The molecule has 0 radical (unpaired) electrons. The van der Waals surface area contributed by atoms with E-state index in [1.165, 1.54) is 0 Å². The van der Waals surface area contributed by atoms with Crippen LogP contribution in [0.4, 0.5) is 5.69 Å². The molecule has 2 aromatic rings. The number of anilines is 1. The molecule has 1 heterocycles. The third kappa shape index (κ3) is 1.59. The van der Waals surface area contributed by atoms with Gasteiger partial charge in [0.2, 0.25) is 0 Å². The van der Waals surface area contributed by atoms with Crippen molar-refractivity contribution in [2.75, 3.05) is 12.3 Å². The van der Waals surface area contributed by atoms with E-state index in [0.29, 0.717) is 6.61 Å². The minimum absolute atomic E-state index is 0.639. The molecular weight excluding hydrogens is 176 g/mol. The molecule has 1 aromatic heterocycles. The second kappa shape index (κ2) is 3.72. The lowest BCUT2D eigenvalue weighted by Crippen LogP contribution is -1.90. The van der Waals surface area contributed by atoms with Crippen molar-refractivity contribution >= 4 is 16.6 Å². The van der Waals surface area contributed by atoms with Crippen LogP contribution < -0.4 is 5.73 Å². The summed E-state index contributed by atoms with van der Waals surface area (Å²) in [7, 11) is 0. The van der Waals surface area contributed by atoms with Crippen molar-refractivity contribution in [2.45, 2.75) is 13.5 Å². The number of H-pyrrole nitrogens is 1. The van der Waals surface area contributed by atoms with E-state index in [4.69, 9.17) is 10.5 Å². The molecule has 0 fully saturated rings. The summed E-state index contributed by atoms with van der Waals surface area (Å²) >= 11 is 0. The molecule has 3 nitrogen and oxygen atoms in total. The molecule has 3 N–H and O–H groups in total. The molecule has 0 saturated carbocycles. The second-order valence-corrected chi connectivity index (χ2v) is 3.26. The van der Waals surface area contributed by atoms with Crippen LogP contribution in [0, 0.1) is 0 Å². The lowest BCUT2D eigenvalue weighted by Gasteiger charge is -1.99. The van der Waals surface area contributed by atoms with E-state index in [9.17, 15) is 0 Å². The van der Waals surface area contributed by atoms with Crippen molar-refractivity contribution in [1.29, 1.82) is 0 Å². The van der Waals surface area contributed by atoms with Gasteiger partial charge in [0.1, 0.15) is 0 Å². The number of fused-ring (bicyclic) bond motifs is 1. The lowest BCUT2D eigenvalue weighted by atomic mass is 10.1. The van der Waals surface area contributed by atoms with Gasteiger partial charge in [0.25, 0.3) is 0 Å². The van der Waals surface area contributed by atoms with Gasteiger partial charge in [0.05, 0.1) is 6.61 Å². The zero-order valence-corrected chi connectivity index (χ0v) is 8.21. The highest BCUT2D eigenvalue weighted by molar-refractivity contribution is 5.85. The molecule has 3 heteroatoms. The molecule has 0 unspecified atom stereocenters. The first-order valence-corrected chi connectivity index (χ1v) is 4.74. The Morgan fingerprint density at radius 3 is 3.07 bits per heavy atom. The van der Waals surface area contributed by atoms with Crippen LogP contribution >= 0.6 is 0 Å². The topological polar surface area (TPSA) is 51.0 Å². The van der Waals surface area contributed by atoms with Crippen LogP contribution in [0.2, 0.25) is 0 Å². The Morgan fingerprint density at radius 2 is 2.29 bits per heavy atom. The molecule has 74 valence electrons. The number of nitrogen functional groups attached to an aromatic ring is 1. The largest absolute Gasteiger partial charge is 0.399 e. The van der Waals surface area contributed by atoms with E-state index in [2.05, 4.69) is 4.98 Å². The predicted octanol–water partition coefficient (Wildman–Crippen LogP) is 2.29. The molecule has 14 heavy (non-hydrogen) atoms. The SMILES string of the molecule is CCOCc1c[nH]c2ccc(N)cc12. The van der Waals surface area contributed by atoms with Crippen LogP contribution in [-0.4, -0.2) is 11.6 Å². The van der Waals surface area contributed by atoms with E-state index in [-0.39, 0.29) is 0 Å². The third-order valence-corrected chi connectivity index (χ3v) is 2.25. The first kappa shape index (κ1) is 9.09. The zero-order valence-electron chi connectivity index (χ0n) is 8.21. The van der Waals surface area contributed by atoms with Crippen molar-refractivity contribution in [3.05, 3.63) is 30.0 Å². The van der Waals surface area contributed by atoms with E-state index in [1.807, 2.05) is 31.3 Å². The van der Waals surface area contributed by atoms with Crippen molar-refractivity contribution in [2.24, 2.45) is 0 Å². The number of aromatic amines is 1. The molecule has 2 rings (SSSR count). The number of rotatable bonds is 3. The Kier molecular flexibility index (Phi) is 2.41. The molecule has 0 aliphatic rings. The molecule has 0 spiro atoms. The van der Waals surface area contributed by atoms with Crippen molar-refractivity contribution in [3.8, 4) is 0 Å². The van der Waals surface area contributed by atoms with Gasteiger partial charge in [-0.2, -0.15) is 0 Å². The number of aromatic nitrogens is 1. The molecule has 0 atom stereocenters. The Bertz CT molecular complexity index is 434. The van der Waals surface area contributed by atoms with E-state index < -0.39 is 0 Å². The molecular formula is C11H14N2O. The quantitative estimate of drug-likeness (QED) is 0.729. The molecule has 1 aromatic carbocycles. The van der Waals surface area contributed by atoms with Crippen LogP contribution in [0.1, 0.15) is 12.5 Å². The maximum Gasteiger partial charge on any atom is 0.0737 e. The van der Waals surface area contributed by atoms with Crippen molar-refractivity contribution in [3.63, 3.8) is 0 Å². The fourth-order valence-corrected chi connectivity index (χ4v) is 1.53. The number of ether oxygens (including phenoxy) is 1. The summed E-state index contributed by atoms with van der Waals surface area (Å²) < 4.78 is 5.37. The number of hydrogen-bond donors (Lipinski definition) is 2. The normalized spacial score (nSPS) is 10.9. The smallest absolute Gasteiger partial charge is 0.0737 e. The summed E-state index contributed by atoms with van der Waals surface area (Å²) in [5.41, 5.74) is 8.78. The minimum atomic E-state index is 0.639. The first-order chi connectivity index (χ1) is 6.81. The summed E-state index contributed by atoms with van der Waals surface area (Å²) in [6.45, 7) is 3.36. The maximum absolute atomic E-state index is 5.73. The van der Waals surface area contributed by atoms with Crippen LogP contribution in [-0.2, 0) is 11.3 Å². The first-order valence-electron chi connectivity index (χ1n) is 4.74. The fraction of sp³-hybridized carbons (Fsp3) is 0.273. The predicted molar refractivity (Wildman–Crippen MR) is 58.0 cm³/mol. The second-order valence-electron chi connectivity index (χ2n) is 3.26. The number of nitrogens with two attached hydrogens (primary N) is 1. The summed E-state index contributed by atoms with van der Waals surface area (Å²) in [4.78, 5) is 3.19. The highest BCUT2D eigenvalue weighted by Gasteiger charge is 2.03. The molecule has 0 saturated heterocycles. The van der Waals surface area contributed by atoms with Gasteiger partial charge >= 0.3 is 0 Å². The number of hydrogen-bond acceptors (Lipinski definition) is 2. The van der Waals surface area contributed by atoms with Crippen LogP contribution in [0.3, 0.4) is 0 Å². The van der Waals surface area contributed by atoms with Gasteiger partial charge in [-0.1, -0.05) is 0 Å². The van der Waals surface area contributed by atoms with Crippen LogP contribution in [0.25, 0.3) is 10.9 Å². The Hall–Kier alpha value is -1.48. The zero-order chi connectivity index (χ0) is 9.97. The molecule has 0 aliphatic heterocycles. The number of benzene rings is 1. The van der Waals surface area contributed by atoms with Gasteiger partial charge in [-0.05, 0) is 25.1 Å². The Labute approximate surface area is 82.9 Å². The Morgan fingerprint density at radius 1 is 1.43 bits per heavy atom. The molecule has 0 bridgehead atoms. The van der Waals surface area contributed by atoms with E-state index in [1.54, 1.807) is 0 Å². The van der Waals surface area contributed by atoms with Crippen LogP contribution in [0.15, 0.2) is 24.4 Å². The van der Waals surface area contributed by atoms with E-state index >= 15 is 0 Å². The van der Waals surface area contributed by atoms with Gasteiger partial charge in [-0.25, -0.2) is 0 Å². The molecule has 0 aliphatic carbocycles. The van der Waals surface area contributed by atoms with Gasteiger partial charge < -0.3 is 15.5 Å². The highest BCUT2D eigenvalue weighted by Crippen LogP contribution is 2.21. The lowest BCUT2D eigenvalue weighted by molar-refractivity contribution is 0.135. The van der Waals surface area contributed by atoms with E-state index in [0.717, 1.165) is 28.8 Å². The summed E-state index contributed by atoms with van der Waals surface area (Å²) in [5, 5.41) is 1.15. The Balaban J connectivity index is 2.40. The molecule has 0 amide bonds. The van der Waals surface area contributed by atoms with Gasteiger partial charge in [0.15, 0.2) is 0 Å². The summed E-state index contributed by atoms with van der Waals surface area (Å²) in [5.74, 6) is 0. The van der Waals surface area contributed by atoms with Gasteiger partial charge in [0, 0.05) is 35.0 Å². The third-order valence-electron chi connectivity index (χ3n) is 2.25.